The van der Waals surface area contributed by atoms with Crippen molar-refractivity contribution in [3.8, 4) is 0 Å². The number of aromatic nitrogens is 3. The molecule has 0 aliphatic heterocycles. The first-order chi connectivity index (χ1) is 9.36. The van der Waals surface area contributed by atoms with Crippen LogP contribution in [0.5, 0.6) is 0 Å². The summed E-state index contributed by atoms with van der Waals surface area (Å²) in [6.07, 6.45) is 2.13. The van der Waals surface area contributed by atoms with Gasteiger partial charge < -0.3 is 0 Å². The average Bonchev–Trinajstić information content (AvgIpc) is 2.25. The molecule has 1 atom stereocenters. The molecule has 0 saturated carbocycles. The van der Waals surface area contributed by atoms with Gasteiger partial charge in [0.05, 0.1) is 0 Å². The van der Waals surface area contributed by atoms with Crippen LogP contribution >= 0.6 is 0 Å². The summed E-state index contributed by atoms with van der Waals surface area (Å²) < 4.78 is 0. The maximum absolute atomic E-state index is 4.30. The molecule has 21 heavy (non-hydrogen) atoms. The molecule has 0 saturated heterocycles. The maximum Gasteiger partial charge on any atom is 0.132 e. The standard InChI is InChI=1S/C10H17N3.C8H18/c1-5-7(2)6-10-12-8(3)11-9(4)13-10;1-7(2,3)8(4,5)6/h7H,5-6H2,1-4H3;1-6H3. The Hall–Kier alpha value is -0.990. The van der Waals surface area contributed by atoms with E-state index in [1.165, 1.54) is 6.42 Å². The molecule has 0 spiro atoms. The van der Waals surface area contributed by atoms with Gasteiger partial charge in [-0.15, -0.1) is 0 Å². The third-order valence-electron chi connectivity index (χ3n) is 4.38. The minimum atomic E-state index is 0.437. The van der Waals surface area contributed by atoms with Crippen molar-refractivity contribution in [2.45, 2.75) is 82.1 Å². The SMILES string of the molecule is CC(C)(C)C(C)(C)C.CCC(C)Cc1nc(C)nc(C)n1. The fraction of sp³-hybridized carbons (Fsp3) is 0.833. The molecule has 0 bridgehead atoms. The van der Waals surface area contributed by atoms with Crippen LogP contribution in [0.25, 0.3) is 0 Å². The highest BCUT2D eigenvalue weighted by Gasteiger charge is 2.26. The molecule has 0 aromatic carbocycles. The van der Waals surface area contributed by atoms with Crippen molar-refractivity contribution in [2.24, 2.45) is 16.7 Å². The lowest BCUT2D eigenvalue weighted by molar-refractivity contribution is 0.157. The highest BCUT2D eigenvalue weighted by molar-refractivity contribution is 4.95. The zero-order chi connectivity index (χ0) is 16.8. The van der Waals surface area contributed by atoms with E-state index in [1.54, 1.807) is 0 Å². The molecule has 3 heteroatoms. The van der Waals surface area contributed by atoms with E-state index in [2.05, 4.69) is 70.3 Å². The van der Waals surface area contributed by atoms with Crippen molar-refractivity contribution >= 4 is 0 Å². The second-order valence-corrected chi connectivity index (χ2v) is 8.06. The minimum Gasteiger partial charge on any atom is -0.219 e. The highest BCUT2D eigenvalue weighted by atomic mass is 15.0. The average molecular weight is 293 g/mol. The zero-order valence-corrected chi connectivity index (χ0v) is 15.8. The monoisotopic (exact) mass is 293 g/mol. The van der Waals surface area contributed by atoms with Gasteiger partial charge in [0, 0.05) is 6.42 Å². The molecular weight excluding hydrogens is 258 g/mol. The van der Waals surface area contributed by atoms with Crippen molar-refractivity contribution in [3.05, 3.63) is 17.5 Å². The number of nitrogens with zero attached hydrogens (tertiary/aromatic N) is 3. The summed E-state index contributed by atoms with van der Waals surface area (Å²) in [6, 6.07) is 0. The lowest BCUT2D eigenvalue weighted by Crippen LogP contribution is -2.25. The van der Waals surface area contributed by atoms with Gasteiger partial charge in [-0.1, -0.05) is 61.8 Å². The van der Waals surface area contributed by atoms with Crippen LogP contribution in [0.1, 0.15) is 79.3 Å². The van der Waals surface area contributed by atoms with Gasteiger partial charge in [-0.05, 0) is 30.6 Å². The molecule has 1 aromatic rings. The molecule has 3 nitrogen and oxygen atoms in total. The van der Waals surface area contributed by atoms with E-state index in [0.29, 0.717) is 16.7 Å². The Kier molecular flexibility index (Phi) is 7.49. The Balaban J connectivity index is 0.000000433. The molecule has 1 heterocycles. The van der Waals surface area contributed by atoms with E-state index >= 15 is 0 Å². The Bertz CT molecular complexity index is 393. The molecule has 1 aromatic heterocycles. The molecule has 0 aliphatic rings. The number of hydrogen-bond acceptors (Lipinski definition) is 3. The predicted molar refractivity (Wildman–Crippen MR) is 91.4 cm³/mol. The van der Waals surface area contributed by atoms with Crippen LogP contribution < -0.4 is 0 Å². The fourth-order valence-corrected chi connectivity index (χ4v) is 1.23. The van der Waals surface area contributed by atoms with E-state index in [0.717, 1.165) is 23.9 Å². The number of aryl methyl sites for hydroxylation is 2. The third-order valence-corrected chi connectivity index (χ3v) is 4.38. The topological polar surface area (TPSA) is 38.7 Å². The lowest BCUT2D eigenvalue weighted by atomic mass is 9.71. The lowest BCUT2D eigenvalue weighted by Gasteiger charge is -2.34. The van der Waals surface area contributed by atoms with Gasteiger partial charge in [0.2, 0.25) is 0 Å². The summed E-state index contributed by atoms with van der Waals surface area (Å²) in [5.74, 6) is 3.23. The number of rotatable bonds is 3. The first-order valence-electron chi connectivity index (χ1n) is 8.05. The van der Waals surface area contributed by atoms with E-state index < -0.39 is 0 Å². The van der Waals surface area contributed by atoms with Crippen LogP contribution in [0, 0.1) is 30.6 Å². The van der Waals surface area contributed by atoms with Crippen LogP contribution in [-0.2, 0) is 6.42 Å². The second-order valence-electron chi connectivity index (χ2n) is 8.06. The first kappa shape index (κ1) is 20.0. The van der Waals surface area contributed by atoms with E-state index in [-0.39, 0.29) is 0 Å². The Labute approximate surface area is 132 Å². The highest BCUT2D eigenvalue weighted by Crippen LogP contribution is 2.36. The van der Waals surface area contributed by atoms with Crippen LogP contribution in [0.3, 0.4) is 0 Å². The second kappa shape index (κ2) is 7.86. The largest absolute Gasteiger partial charge is 0.219 e. The molecule has 0 fully saturated rings. The van der Waals surface area contributed by atoms with Crippen LogP contribution in [0.4, 0.5) is 0 Å². The summed E-state index contributed by atoms with van der Waals surface area (Å²) in [7, 11) is 0. The summed E-state index contributed by atoms with van der Waals surface area (Å²) in [6.45, 7) is 21.9. The van der Waals surface area contributed by atoms with Gasteiger partial charge in [-0.2, -0.15) is 0 Å². The molecule has 0 aliphatic carbocycles. The van der Waals surface area contributed by atoms with Gasteiger partial charge in [-0.3, -0.25) is 0 Å². The van der Waals surface area contributed by atoms with E-state index in [1.807, 2.05) is 13.8 Å². The van der Waals surface area contributed by atoms with Crippen LogP contribution in [0.15, 0.2) is 0 Å². The summed E-state index contributed by atoms with van der Waals surface area (Å²) >= 11 is 0. The first-order valence-corrected chi connectivity index (χ1v) is 8.05. The van der Waals surface area contributed by atoms with Gasteiger partial charge in [-0.25, -0.2) is 15.0 Å². The maximum atomic E-state index is 4.30. The van der Waals surface area contributed by atoms with Crippen molar-refractivity contribution in [2.75, 3.05) is 0 Å². The van der Waals surface area contributed by atoms with Gasteiger partial charge >= 0.3 is 0 Å². The quantitative estimate of drug-likeness (QED) is 0.773. The van der Waals surface area contributed by atoms with E-state index in [9.17, 15) is 0 Å². The third kappa shape index (κ3) is 8.13. The molecule has 0 radical (unpaired) electrons. The summed E-state index contributed by atoms with van der Waals surface area (Å²) in [5, 5.41) is 0. The Morgan fingerprint density at radius 3 is 1.48 bits per heavy atom. The molecule has 1 unspecified atom stereocenters. The summed E-state index contributed by atoms with van der Waals surface area (Å²) in [5.41, 5.74) is 0.875. The molecule has 0 amide bonds. The zero-order valence-electron chi connectivity index (χ0n) is 15.8. The van der Waals surface area contributed by atoms with E-state index in [4.69, 9.17) is 0 Å². The van der Waals surface area contributed by atoms with Crippen molar-refractivity contribution in [3.63, 3.8) is 0 Å². The normalized spacial score (nSPS) is 13.4. The number of hydrogen-bond donors (Lipinski definition) is 0. The minimum absolute atomic E-state index is 0.437. The molecule has 122 valence electrons. The van der Waals surface area contributed by atoms with Crippen molar-refractivity contribution in [1.82, 2.24) is 15.0 Å². The Morgan fingerprint density at radius 1 is 0.810 bits per heavy atom. The van der Waals surface area contributed by atoms with Crippen molar-refractivity contribution in [1.29, 1.82) is 0 Å². The molecule has 1 rings (SSSR count). The van der Waals surface area contributed by atoms with Crippen molar-refractivity contribution < 1.29 is 0 Å². The van der Waals surface area contributed by atoms with Gasteiger partial charge in [0.1, 0.15) is 17.5 Å². The van der Waals surface area contributed by atoms with Gasteiger partial charge in [0.25, 0.3) is 0 Å². The Morgan fingerprint density at radius 2 is 1.19 bits per heavy atom. The molecule has 0 N–H and O–H groups in total. The predicted octanol–water partition coefficient (Wildman–Crippen LogP) is 5.16. The molecular formula is C18H35N3. The van der Waals surface area contributed by atoms with Crippen LogP contribution in [-0.4, -0.2) is 15.0 Å². The fourth-order valence-electron chi connectivity index (χ4n) is 1.23. The van der Waals surface area contributed by atoms with Gasteiger partial charge in [0.15, 0.2) is 0 Å². The van der Waals surface area contributed by atoms with Crippen LogP contribution in [0.2, 0.25) is 0 Å². The smallest absolute Gasteiger partial charge is 0.132 e. The summed E-state index contributed by atoms with van der Waals surface area (Å²) in [4.78, 5) is 12.7.